The van der Waals surface area contributed by atoms with E-state index in [1.165, 1.54) is 0 Å². The monoisotopic (exact) mass is 2430 g/mol. The summed E-state index contributed by atoms with van der Waals surface area (Å²) < 4.78 is 121. The number of fused-ring (bicyclic) bond motifs is 2. The SMILES string of the molecule is CN(C)c1cc(Cc2cc(N(C)C)cc(-c3[c-]cc(F)cc3F)n2)nc(-c2[c-]cc(F)cc2F)c1.COc1cc[c-]c(-c2cc3ccccc3c(Cc3nc(-c4[c-]ccc(OC)c4)cc4ccccc34)n2)c1.Fc1c[c-]c(-c2cccc(Cc3cccc(-c4[c-]cc(F)cc4F)n3)n2)c(F)c1.[Pt+2].[Pt+2].[Pt+2].[Pt+2].c1cc(Cc2cccc(-c3ccc[n-]3)n2)nc(-c2ccc[n-]2)c1. The molecular formula is C102H72F8N12O2Pt4. The number of pyridine rings is 8. The number of rotatable bonds is 20. The van der Waals surface area contributed by atoms with E-state index in [4.69, 9.17) is 19.4 Å². The number of anilines is 2. The number of ether oxygens (including phenoxy) is 2. The van der Waals surface area contributed by atoms with Crippen LogP contribution in [0.3, 0.4) is 0 Å². The minimum atomic E-state index is -0.767. The van der Waals surface area contributed by atoms with Gasteiger partial charge in [-0.2, -0.15) is 12.4 Å². The Hall–Kier alpha value is -12.6. The Bertz CT molecular complexity index is 6450. The second kappa shape index (κ2) is 44.7. The number of methoxy groups -OCH3 is 2. The van der Waals surface area contributed by atoms with Crippen LogP contribution in [0.2, 0.25) is 0 Å². The van der Waals surface area contributed by atoms with Crippen LogP contribution in [0.25, 0.3) is 112 Å². The van der Waals surface area contributed by atoms with Crippen LogP contribution < -0.4 is 29.2 Å². The Morgan fingerprint density at radius 2 is 0.625 bits per heavy atom. The van der Waals surface area contributed by atoms with E-state index < -0.39 is 46.5 Å². The zero-order chi connectivity index (χ0) is 86.3. The van der Waals surface area contributed by atoms with Crippen molar-refractivity contribution >= 4 is 32.9 Å². The zero-order valence-corrected chi connectivity index (χ0v) is 77.9. The molecule has 0 radical (unpaired) electrons. The number of nitrogens with zero attached hydrogens (tertiary/aromatic N) is 12. The summed E-state index contributed by atoms with van der Waals surface area (Å²) in [6.45, 7) is 0. The van der Waals surface area contributed by atoms with Gasteiger partial charge in [0.25, 0.3) is 0 Å². The fraction of sp³-hybridized carbons (Fsp3) is 0.0980. The Balaban J connectivity index is 0.000000166. The van der Waals surface area contributed by atoms with Gasteiger partial charge in [0, 0.05) is 191 Å². The Labute approximate surface area is 792 Å². The van der Waals surface area contributed by atoms with Crippen LogP contribution in [0.1, 0.15) is 45.6 Å². The largest absolute Gasteiger partial charge is 2.00 e. The van der Waals surface area contributed by atoms with Crippen LogP contribution in [-0.2, 0) is 110 Å². The van der Waals surface area contributed by atoms with Gasteiger partial charge in [0.1, 0.15) is 0 Å². The third-order valence-electron chi connectivity index (χ3n) is 19.7. The van der Waals surface area contributed by atoms with E-state index in [1.54, 1.807) is 75.1 Å². The average Bonchev–Trinajstić information content (AvgIpc) is 0.955. The molecule has 0 unspecified atom stereocenters. The molecule has 0 aliphatic rings. The van der Waals surface area contributed by atoms with E-state index >= 15 is 0 Å². The summed E-state index contributed by atoms with van der Waals surface area (Å²) in [7, 11) is 10.7. The molecule has 18 aromatic rings. The number of benzene rings is 8. The maximum Gasteiger partial charge on any atom is 2.00 e. The molecule has 0 amide bonds. The summed E-state index contributed by atoms with van der Waals surface area (Å²) >= 11 is 0. The van der Waals surface area contributed by atoms with Crippen molar-refractivity contribution in [3.63, 3.8) is 0 Å². The molecule has 0 spiro atoms. The Morgan fingerprint density at radius 3 is 0.961 bits per heavy atom. The maximum atomic E-state index is 14.5. The Morgan fingerprint density at radius 1 is 0.297 bits per heavy atom. The summed E-state index contributed by atoms with van der Waals surface area (Å²) in [6.07, 6.45) is 5.37. The van der Waals surface area contributed by atoms with E-state index in [2.05, 4.69) is 137 Å². The molecule has 0 saturated heterocycles. The smallest absolute Gasteiger partial charge is 0.662 e. The van der Waals surface area contributed by atoms with Crippen molar-refractivity contribution in [3.05, 3.63) is 408 Å². The van der Waals surface area contributed by atoms with Gasteiger partial charge in [0.05, 0.1) is 14.2 Å². The van der Waals surface area contributed by atoms with Gasteiger partial charge in [0.2, 0.25) is 0 Å². The summed E-state index contributed by atoms with van der Waals surface area (Å²) in [5.74, 6) is -4.36. The van der Waals surface area contributed by atoms with Crippen molar-refractivity contribution < 1.29 is 129 Å². The molecule has 648 valence electrons. The van der Waals surface area contributed by atoms with Crippen LogP contribution in [0.5, 0.6) is 11.5 Å². The molecule has 10 aromatic heterocycles. The minimum absolute atomic E-state index is 0. The van der Waals surface area contributed by atoms with Gasteiger partial charge in [-0.05, 0) is 93.5 Å². The van der Waals surface area contributed by atoms with Gasteiger partial charge < -0.3 is 59.1 Å². The van der Waals surface area contributed by atoms with Gasteiger partial charge in [-0.15, -0.1) is 120 Å². The number of hydrogen-bond donors (Lipinski definition) is 0. The molecule has 10 heterocycles. The molecule has 0 aliphatic heterocycles. The van der Waals surface area contributed by atoms with Gasteiger partial charge in [-0.3, -0.25) is 45.1 Å². The standard InChI is InChI=1S/C33H24N2O2.C27H22F4N4.C23H12F4N2.C19H14N4.4Pt/c1-36-26-13-7-11-24(17-26)30-19-22-9-3-5-15-28(22)32(34-30)21-33-29-16-6-4-10-23(29)20-31(35-33)25-12-8-14-27(18-25)37-2;1-34(2)20-12-18(32-26(14-20)22-7-5-16(28)9-24(22)30)11-19-13-21(35(3)4)15-27(33-19)23-8-6-17(29)10-25(23)31;24-14-7-9-18(20(26)11-14)22-5-1-3-16(28-22)13-17-4-2-6-23(29-17)19-10-8-15(25)12-21(19)27;1-5-14(22-18(7-1)16-9-3-11-20-16)13-15-6-2-8-19(23-15)17-10-4-12-21-17;;;;/h3-10,13-20H,21H2,1-2H3;5-6,9-10,12-15H,11H2,1-4H3;1-8,11-12H,13H2;1-12H,13H2;;;;/q4*-2;4*+2. The molecular weight excluding hydrogens is 2360 g/mol. The van der Waals surface area contributed by atoms with Crippen molar-refractivity contribution in [2.24, 2.45) is 0 Å². The molecule has 8 aromatic carbocycles. The fourth-order valence-electron chi connectivity index (χ4n) is 13.7. The summed E-state index contributed by atoms with van der Waals surface area (Å²) in [4.78, 5) is 49.8. The molecule has 0 atom stereocenters. The average molecular weight is 2430 g/mol. The van der Waals surface area contributed by atoms with E-state index in [0.29, 0.717) is 64.8 Å². The molecule has 26 heteroatoms. The van der Waals surface area contributed by atoms with E-state index in [0.717, 1.165) is 161 Å². The topological polar surface area (TPSA) is 156 Å². The molecule has 14 nitrogen and oxygen atoms in total. The van der Waals surface area contributed by atoms with Crippen LogP contribution in [0, 0.1) is 82.9 Å². The molecule has 0 N–H and O–H groups in total. The number of halogens is 8. The van der Waals surface area contributed by atoms with Gasteiger partial charge in [-0.1, -0.05) is 180 Å². The van der Waals surface area contributed by atoms with Crippen LogP contribution >= 0.6 is 0 Å². The number of aromatic nitrogens is 10. The molecule has 0 bridgehead atoms. The number of hydrogen-bond acceptors (Lipinski definition) is 12. The summed E-state index contributed by atoms with van der Waals surface area (Å²) in [5, 5.41) is 4.47. The molecule has 0 aliphatic carbocycles. The second-order valence-corrected chi connectivity index (χ2v) is 28.8. The minimum Gasteiger partial charge on any atom is -0.662 e. The Kier molecular flexibility index (Phi) is 33.6. The predicted molar refractivity (Wildman–Crippen MR) is 465 cm³/mol. The predicted octanol–water partition coefficient (Wildman–Crippen LogP) is 21.9. The van der Waals surface area contributed by atoms with Gasteiger partial charge in [-0.25, -0.2) is 0 Å². The van der Waals surface area contributed by atoms with Crippen molar-refractivity contribution in [1.29, 1.82) is 0 Å². The first-order valence-corrected chi connectivity index (χ1v) is 38.9. The second-order valence-electron chi connectivity index (χ2n) is 28.8. The quantitative estimate of drug-likeness (QED) is 0.0524. The fourth-order valence-corrected chi connectivity index (χ4v) is 13.7. The zero-order valence-electron chi connectivity index (χ0n) is 68.9. The summed E-state index contributed by atoms with van der Waals surface area (Å²) in [6, 6.07) is 93.6. The van der Waals surface area contributed by atoms with Crippen LogP contribution in [0.15, 0.2) is 279 Å². The van der Waals surface area contributed by atoms with Crippen LogP contribution in [0.4, 0.5) is 46.5 Å². The third-order valence-corrected chi connectivity index (χ3v) is 19.7. The molecule has 0 fully saturated rings. The van der Waals surface area contributed by atoms with Crippen LogP contribution in [-0.4, -0.2) is 82.3 Å². The van der Waals surface area contributed by atoms with Crippen molar-refractivity contribution in [2.75, 3.05) is 52.2 Å². The molecule has 18 rings (SSSR count). The first kappa shape index (κ1) is 96.1. The van der Waals surface area contributed by atoms with Gasteiger partial charge in [0.15, 0.2) is 0 Å². The van der Waals surface area contributed by atoms with Crippen molar-refractivity contribution in [2.45, 2.75) is 25.7 Å². The van der Waals surface area contributed by atoms with E-state index in [-0.39, 0.29) is 113 Å². The molecule has 128 heavy (non-hydrogen) atoms. The third kappa shape index (κ3) is 24.2. The van der Waals surface area contributed by atoms with Gasteiger partial charge >= 0.3 is 84.3 Å². The first-order chi connectivity index (χ1) is 60.2. The summed E-state index contributed by atoms with van der Waals surface area (Å²) in [5.41, 5.74) is 16.2. The maximum absolute atomic E-state index is 14.5. The first-order valence-electron chi connectivity index (χ1n) is 38.9. The van der Waals surface area contributed by atoms with E-state index in [9.17, 15) is 35.1 Å². The van der Waals surface area contributed by atoms with Crippen molar-refractivity contribution in [3.8, 4) is 102 Å². The normalized spacial score (nSPS) is 10.6. The molecule has 0 saturated carbocycles. The van der Waals surface area contributed by atoms with E-state index in [1.807, 2.05) is 147 Å². The van der Waals surface area contributed by atoms with Crippen molar-refractivity contribution in [1.82, 2.24) is 49.8 Å².